The lowest BCUT2D eigenvalue weighted by molar-refractivity contribution is -0.143. The summed E-state index contributed by atoms with van der Waals surface area (Å²) in [6.07, 6.45) is 0. The Morgan fingerprint density at radius 1 is 0.659 bits per heavy atom. The number of carbonyl (C=O) groups is 3. The molecule has 0 aromatic heterocycles. The molecule has 2 aromatic carbocycles. The first-order chi connectivity index (χ1) is 19.6. The maximum absolute atomic E-state index is 11.8. The first-order valence-corrected chi connectivity index (χ1v) is 13.7. The van der Waals surface area contributed by atoms with Crippen molar-refractivity contribution in [3.63, 3.8) is 0 Å². The van der Waals surface area contributed by atoms with Crippen LogP contribution in [0.2, 0.25) is 0 Å². The molecule has 0 aliphatic rings. The standard InChI is InChI=1S/C16H23NO6.C8H11NO2.C4H7BrO2/c1-5-22-15(18)10-17(11-16(19)23-6-2)12-7-8-13(20-3)14(9-12)21-4;1-10-7-4-3-6(9)5-8(7)11-2;1-2-7-4(6)3-5/h7-9H,5-6,10-11H2,1-4H3;3-5H,9H2,1-2H3;2-3H2,1H3. The molecule has 0 amide bonds. The van der Waals surface area contributed by atoms with E-state index in [0.29, 0.717) is 46.3 Å². The number of nitrogen functional groups attached to an aromatic ring is 1. The average molecular weight is 646 g/mol. The third kappa shape index (κ3) is 14.9. The van der Waals surface area contributed by atoms with Crippen molar-refractivity contribution in [1.29, 1.82) is 0 Å². The maximum atomic E-state index is 11.8. The number of methoxy groups -OCH3 is 4. The van der Waals surface area contributed by atoms with Gasteiger partial charge in [-0.1, -0.05) is 15.9 Å². The molecule has 230 valence electrons. The first-order valence-electron chi connectivity index (χ1n) is 12.6. The predicted molar refractivity (Wildman–Crippen MR) is 159 cm³/mol. The number of alkyl halides is 1. The summed E-state index contributed by atoms with van der Waals surface area (Å²) in [5, 5.41) is 0.292. The molecule has 2 N–H and O–H groups in total. The van der Waals surface area contributed by atoms with Gasteiger partial charge >= 0.3 is 17.9 Å². The van der Waals surface area contributed by atoms with E-state index in [1.54, 1.807) is 76.3 Å². The van der Waals surface area contributed by atoms with E-state index in [9.17, 15) is 14.4 Å². The van der Waals surface area contributed by atoms with Gasteiger partial charge in [-0.25, -0.2) is 0 Å². The molecule has 0 spiro atoms. The van der Waals surface area contributed by atoms with Crippen LogP contribution in [0.4, 0.5) is 11.4 Å². The minimum atomic E-state index is -0.424. The summed E-state index contributed by atoms with van der Waals surface area (Å²) in [5.74, 6) is 1.36. The molecular formula is C28H41BrN2O10. The van der Waals surface area contributed by atoms with Crippen LogP contribution in [0.3, 0.4) is 0 Å². The number of anilines is 2. The molecule has 0 aliphatic carbocycles. The normalized spacial score (nSPS) is 9.46. The van der Waals surface area contributed by atoms with Crippen molar-refractivity contribution in [3.05, 3.63) is 36.4 Å². The Kier molecular flexibility index (Phi) is 19.8. The van der Waals surface area contributed by atoms with Gasteiger partial charge in [-0.15, -0.1) is 0 Å². The fourth-order valence-corrected chi connectivity index (χ4v) is 3.20. The second-order valence-electron chi connectivity index (χ2n) is 7.56. The van der Waals surface area contributed by atoms with Gasteiger partial charge in [0.25, 0.3) is 0 Å². The summed E-state index contributed by atoms with van der Waals surface area (Å²) in [5.41, 5.74) is 6.82. The Bertz CT molecular complexity index is 1050. The molecule has 2 aromatic rings. The van der Waals surface area contributed by atoms with Crippen molar-refractivity contribution in [1.82, 2.24) is 0 Å². The molecule has 0 saturated heterocycles. The number of esters is 3. The lowest BCUT2D eigenvalue weighted by Gasteiger charge is -2.23. The van der Waals surface area contributed by atoms with Crippen molar-refractivity contribution >= 4 is 45.2 Å². The molecule has 0 fully saturated rings. The highest BCUT2D eigenvalue weighted by atomic mass is 79.9. The van der Waals surface area contributed by atoms with E-state index in [0.717, 1.165) is 0 Å². The van der Waals surface area contributed by atoms with Gasteiger partial charge in [0.15, 0.2) is 23.0 Å². The number of halogens is 1. The van der Waals surface area contributed by atoms with E-state index in [4.69, 9.17) is 34.2 Å². The van der Waals surface area contributed by atoms with Crippen LogP contribution < -0.4 is 29.6 Å². The van der Waals surface area contributed by atoms with Crippen LogP contribution in [-0.2, 0) is 28.6 Å². The zero-order valence-electron chi connectivity index (χ0n) is 24.7. The molecule has 0 heterocycles. The van der Waals surface area contributed by atoms with Gasteiger partial charge in [-0.3, -0.25) is 14.4 Å². The summed E-state index contributed by atoms with van der Waals surface area (Å²) < 4.78 is 34.9. The molecule has 13 heteroatoms. The highest BCUT2D eigenvalue weighted by Gasteiger charge is 2.18. The summed E-state index contributed by atoms with van der Waals surface area (Å²) in [7, 11) is 6.22. The fraction of sp³-hybridized carbons (Fsp3) is 0.464. The number of ether oxygens (including phenoxy) is 7. The van der Waals surface area contributed by atoms with Crippen LogP contribution in [0, 0.1) is 0 Å². The SMILES string of the molecule is CCOC(=O)CBr.CCOC(=O)CN(CC(=O)OCC)c1ccc(OC)c(OC)c1.COc1ccc(N)cc1OC. The van der Waals surface area contributed by atoms with Gasteiger partial charge in [-0.2, -0.15) is 0 Å². The fourth-order valence-electron chi connectivity index (χ4n) is 3.04. The molecule has 0 aliphatic heterocycles. The molecular weight excluding hydrogens is 604 g/mol. The molecule has 0 bridgehead atoms. The minimum Gasteiger partial charge on any atom is -0.493 e. The van der Waals surface area contributed by atoms with Gasteiger partial charge in [0.05, 0.1) is 48.3 Å². The number of rotatable bonds is 13. The lowest BCUT2D eigenvalue weighted by atomic mass is 10.2. The van der Waals surface area contributed by atoms with E-state index < -0.39 is 11.9 Å². The monoisotopic (exact) mass is 644 g/mol. The Morgan fingerprint density at radius 3 is 1.46 bits per heavy atom. The topological polar surface area (TPSA) is 145 Å². The number of carbonyl (C=O) groups excluding carboxylic acids is 3. The second-order valence-corrected chi connectivity index (χ2v) is 8.12. The number of benzene rings is 2. The molecule has 0 atom stereocenters. The molecule has 0 saturated carbocycles. The molecule has 0 radical (unpaired) electrons. The van der Waals surface area contributed by atoms with Crippen LogP contribution in [0.1, 0.15) is 20.8 Å². The van der Waals surface area contributed by atoms with Crippen LogP contribution >= 0.6 is 15.9 Å². The molecule has 0 unspecified atom stereocenters. The number of hydrogen-bond donors (Lipinski definition) is 1. The smallest absolute Gasteiger partial charge is 0.325 e. The van der Waals surface area contributed by atoms with E-state index in [1.165, 1.54) is 14.2 Å². The Hall–Kier alpha value is -3.87. The van der Waals surface area contributed by atoms with E-state index in [-0.39, 0.29) is 32.3 Å². The number of nitrogens with two attached hydrogens (primary N) is 1. The summed E-state index contributed by atoms with van der Waals surface area (Å²) in [4.78, 5) is 35.3. The first kappa shape index (κ1) is 37.1. The van der Waals surface area contributed by atoms with Gasteiger partial charge in [-0.05, 0) is 45.0 Å². The summed E-state index contributed by atoms with van der Waals surface area (Å²) >= 11 is 2.94. The zero-order valence-corrected chi connectivity index (χ0v) is 26.3. The minimum absolute atomic E-state index is 0.0673. The third-order valence-corrected chi connectivity index (χ3v) is 5.26. The van der Waals surface area contributed by atoms with E-state index >= 15 is 0 Å². The van der Waals surface area contributed by atoms with Crippen LogP contribution in [0.15, 0.2) is 36.4 Å². The predicted octanol–water partition coefficient (Wildman–Crippen LogP) is 3.87. The summed E-state index contributed by atoms with van der Waals surface area (Å²) in [6, 6.07) is 10.4. The summed E-state index contributed by atoms with van der Waals surface area (Å²) in [6.45, 7) is 6.11. The van der Waals surface area contributed by atoms with Crippen molar-refractivity contribution < 1.29 is 47.5 Å². The third-order valence-electron chi connectivity index (χ3n) is 4.80. The Balaban J connectivity index is 0.000000728. The Morgan fingerprint density at radius 2 is 1.07 bits per heavy atom. The number of nitrogens with zero attached hydrogens (tertiary/aromatic N) is 1. The average Bonchev–Trinajstić information content (AvgIpc) is 2.97. The van der Waals surface area contributed by atoms with Crippen molar-refractivity contribution in [2.75, 3.05) is 77.3 Å². The highest BCUT2D eigenvalue weighted by molar-refractivity contribution is 9.09. The van der Waals surface area contributed by atoms with Gasteiger partial charge in [0.2, 0.25) is 0 Å². The highest BCUT2D eigenvalue weighted by Crippen LogP contribution is 2.31. The molecule has 2 rings (SSSR count). The largest absolute Gasteiger partial charge is 0.493 e. The molecule has 41 heavy (non-hydrogen) atoms. The quantitative estimate of drug-likeness (QED) is 0.146. The van der Waals surface area contributed by atoms with Gasteiger partial charge in [0.1, 0.15) is 18.4 Å². The zero-order chi connectivity index (χ0) is 31.2. The molecule has 12 nitrogen and oxygen atoms in total. The lowest BCUT2D eigenvalue weighted by Crippen LogP contribution is -2.36. The van der Waals surface area contributed by atoms with Crippen LogP contribution in [0.5, 0.6) is 23.0 Å². The van der Waals surface area contributed by atoms with Crippen LogP contribution in [-0.4, -0.2) is 84.6 Å². The van der Waals surface area contributed by atoms with E-state index in [1.807, 2.05) is 0 Å². The van der Waals surface area contributed by atoms with Crippen LogP contribution in [0.25, 0.3) is 0 Å². The number of hydrogen-bond acceptors (Lipinski definition) is 12. The van der Waals surface area contributed by atoms with Gasteiger partial charge in [0, 0.05) is 23.5 Å². The van der Waals surface area contributed by atoms with E-state index in [2.05, 4.69) is 20.7 Å². The van der Waals surface area contributed by atoms with Crippen molar-refractivity contribution in [2.45, 2.75) is 20.8 Å². The Labute approximate surface area is 250 Å². The van der Waals surface area contributed by atoms with Crippen molar-refractivity contribution in [3.8, 4) is 23.0 Å². The van der Waals surface area contributed by atoms with Gasteiger partial charge < -0.3 is 43.8 Å². The van der Waals surface area contributed by atoms with Crippen molar-refractivity contribution in [2.24, 2.45) is 0 Å². The second kappa shape index (κ2) is 21.9. The maximum Gasteiger partial charge on any atom is 0.325 e.